The molecule has 0 radical (unpaired) electrons. The molecular weight excluding hydrogens is 256 g/mol. The van der Waals surface area contributed by atoms with Crippen molar-refractivity contribution in [3.63, 3.8) is 0 Å². The van der Waals surface area contributed by atoms with Gasteiger partial charge >= 0.3 is 0 Å². The number of pyridine rings is 1. The molecule has 0 bridgehead atoms. The number of anilines is 1. The molecule has 1 aromatic heterocycles. The largest absolute Gasteiger partial charge is 0.454 e. The Kier molecular flexibility index (Phi) is 3.14. The van der Waals surface area contributed by atoms with Crippen molar-refractivity contribution in [2.24, 2.45) is 0 Å². The number of fused-ring (bicyclic) bond motifs is 2. The van der Waals surface area contributed by atoms with Crippen molar-refractivity contribution in [1.29, 1.82) is 0 Å². The molecule has 20 heavy (non-hydrogen) atoms. The highest BCUT2D eigenvalue weighted by Crippen LogP contribution is 2.38. The Balaban J connectivity index is 2.07. The Morgan fingerprint density at radius 3 is 2.80 bits per heavy atom. The van der Waals surface area contributed by atoms with Gasteiger partial charge in [0, 0.05) is 11.6 Å². The summed E-state index contributed by atoms with van der Waals surface area (Å²) < 4.78 is 10.8. The molecule has 5 heteroatoms. The van der Waals surface area contributed by atoms with Crippen LogP contribution in [0.2, 0.25) is 0 Å². The third kappa shape index (κ3) is 2.14. The van der Waals surface area contributed by atoms with Crippen LogP contribution >= 0.6 is 0 Å². The molecule has 1 aromatic carbocycles. The Labute approximate surface area is 117 Å². The maximum absolute atomic E-state index is 9.54. The number of nitrogens with one attached hydrogen (secondary N) is 1. The van der Waals surface area contributed by atoms with E-state index in [4.69, 9.17) is 9.47 Å². The number of benzene rings is 1. The van der Waals surface area contributed by atoms with E-state index in [1.54, 1.807) is 6.20 Å². The molecule has 0 saturated heterocycles. The summed E-state index contributed by atoms with van der Waals surface area (Å²) in [6.45, 7) is 4.31. The van der Waals surface area contributed by atoms with E-state index in [2.05, 4.69) is 10.3 Å². The van der Waals surface area contributed by atoms with Gasteiger partial charge in [0.1, 0.15) is 5.82 Å². The summed E-state index contributed by atoms with van der Waals surface area (Å²) in [6, 6.07) is 5.82. The molecule has 0 amide bonds. The van der Waals surface area contributed by atoms with Crippen LogP contribution in [-0.2, 0) is 0 Å². The predicted octanol–water partition coefficient (Wildman–Crippen LogP) is 2.54. The molecule has 2 N–H and O–H groups in total. The second kappa shape index (κ2) is 4.83. The van der Waals surface area contributed by atoms with Crippen LogP contribution < -0.4 is 14.8 Å². The number of aliphatic hydroxyl groups is 1. The molecule has 3 rings (SSSR count). The maximum atomic E-state index is 9.54. The fourth-order valence-electron chi connectivity index (χ4n) is 2.19. The van der Waals surface area contributed by atoms with Gasteiger partial charge in [0.15, 0.2) is 11.5 Å². The second-order valence-corrected chi connectivity index (χ2v) is 5.28. The zero-order valence-electron chi connectivity index (χ0n) is 11.6. The lowest BCUT2D eigenvalue weighted by Crippen LogP contribution is -2.38. The summed E-state index contributed by atoms with van der Waals surface area (Å²) in [5.74, 6) is 2.24. The van der Waals surface area contributed by atoms with Crippen molar-refractivity contribution in [3.8, 4) is 11.5 Å². The minimum absolute atomic E-state index is 0.0477. The van der Waals surface area contributed by atoms with Crippen molar-refractivity contribution >= 4 is 16.6 Å². The van der Waals surface area contributed by atoms with E-state index in [9.17, 15) is 5.11 Å². The number of aromatic nitrogens is 1. The standard InChI is InChI=1S/C15H18N2O3/c1-3-15(2,8-18)17-14-11-7-13-12(19-9-20-13)6-10(11)4-5-16-14/h4-7,18H,3,8-9H2,1-2H3,(H,16,17). The molecule has 1 unspecified atom stereocenters. The van der Waals surface area contributed by atoms with Crippen molar-refractivity contribution < 1.29 is 14.6 Å². The van der Waals surface area contributed by atoms with Crippen molar-refractivity contribution in [3.05, 3.63) is 24.4 Å². The lowest BCUT2D eigenvalue weighted by Gasteiger charge is -2.28. The summed E-state index contributed by atoms with van der Waals surface area (Å²) in [7, 11) is 0. The number of rotatable bonds is 4. The van der Waals surface area contributed by atoms with Gasteiger partial charge in [0.05, 0.1) is 12.1 Å². The molecule has 1 atom stereocenters. The van der Waals surface area contributed by atoms with Gasteiger partial charge in [-0.05, 0) is 36.9 Å². The first-order valence-corrected chi connectivity index (χ1v) is 6.72. The van der Waals surface area contributed by atoms with Gasteiger partial charge < -0.3 is 19.9 Å². The molecule has 106 valence electrons. The minimum atomic E-state index is -0.391. The highest BCUT2D eigenvalue weighted by atomic mass is 16.7. The zero-order valence-corrected chi connectivity index (χ0v) is 11.6. The number of aliphatic hydroxyl groups excluding tert-OH is 1. The average Bonchev–Trinajstić information content (AvgIpc) is 2.92. The van der Waals surface area contributed by atoms with Gasteiger partial charge in [-0.1, -0.05) is 6.92 Å². The quantitative estimate of drug-likeness (QED) is 0.897. The van der Waals surface area contributed by atoms with Crippen molar-refractivity contribution in [2.45, 2.75) is 25.8 Å². The smallest absolute Gasteiger partial charge is 0.231 e. The van der Waals surface area contributed by atoms with Crippen molar-refractivity contribution in [2.75, 3.05) is 18.7 Å². The van der Waals surface area contributed by atoms with Crippen LogP contribution in [-0.4, -0.2) is 29.0 Å². The number of hydrogen-bond donors (Lipinski definition) is 2. The van der Waals surface area contributed by atoms with Crippen LogP contribution in [0.5, 0.6) is 11.5 Å². The van der Waals surface area contributed by atoms with E-state index in [0.717, 1.165) is 34.5 Å². The van der Waals surface area contributed by atoms with Gasteiger partial charge in [0.25, 0.3) is 0 Å². The molecule has 5 nitrogen and oxygen atoms in total. The summed E-state index contributed by atoms with van der Waals surface area (Å²) >= 11 is 0. The highest BCUT2D eigenvalue weighted by Gasteiger charge is 2.23. The summed E-state index contributed by atoms with van der Waals surface area (Å²) in [5, 5.41) is 14.9. The van der Waals surface area contributed by atoms with E-state index < -0.39 is 5.54 Å². The highest BCUT2D eigenvalue weighted by molar-refractivity contribution is 5.94. The van der Waals surface area contributed by atoms with E-state index >= 15 is 0 Å². The zero-order chi connectivity index (χ0) is 14.2. The van der Waals surface area contributed by atoms with E-state index in [0.29, 0.717) is 0 Å². The monoisotopic (exact) mass is 274 g/mol. The first-order valence-electron chi connectivity index (χ1n) is 6.72. The lowest BCUT2D eigenvalue weighted by molar-refractivity contribution is 0.174. The SMILES string of the molecule is CCC(C)(CO)Nc1nccc2cc3c(cc12)OCO3. The molecule has 0 spiro atoms. The molecule has 2 heterocycles. The van der Waals surface area contributed by atoms with Gasteiger partial charge in [-0.2, -0.15) is 0 Å². The summed E-state index contributed by atoms with van der Waals surface area (Å²) in [5.41, 5.74) is -0.391. The molecule has 2 aromatic rings. The van der Waals surface area contributed by atoms with E-state index in [1.165, 1.54) is 0 Å². The molecule has 0 fully saturated rings. The molecule has 1 aliphatic heterocycles. The third-order valence-corrected chi connectivity index (χ3v) is 3.81. The minimum Gasteiger partial charge on any atom is -0.454 e. The molecule has 0 saturated carbocycles. The van der Waals surface area contributed by atoms with Gasteiger partial charge in [-0.25, -0.2) is 4.98 Å². The topological polar surface area (TPSA) is 63.6 Å². The van der Waals surface area contributed by atoms with Gasteiger partial charge in [0.2, 0.25) is 6.79 Å². The first-order chi connectivity index (χ1) is 9.65. The van der Waals surface area contributed by atoms with Crippen molar-refractivity contribution in [1.82, 2.24) is 4.98 Å². The number of nitrogens with zero attached hydrogens (tertiary/aromatic N) is 1. The van der Waals surface area contributed by atoms with Crippen LogP contribution in [0.4, 0.5) is 5.82 Å². The van der Waals surface area contributed by atoms with Crippen LogP contribution in [0.3, 0.4) is 0 Å². The van der Waals surface area contributed by atoms with Gasteiger partial charge in [-0.15, -0.1) is 0 Å². The maximum Gasteiger partial charge on any atom is 0.231 e. The van der Waals surface area contributed by atoms with E-state index in [-0.39, 0.29) is 13.4 Å². The Bertz CT molecular complexity index is 638. The Morgan fingerprint density at radius 2 is 2.10 bits per heavy atom. The van der Waals surface area contributed by atoms with E-state index in [1.807, 2.05) is 32.0 Å². The average molecular weight is 274 g/mol. The van der Waals surface area contributed by atoms with Crippen LogP contribution in [0, 0.1) is 0 Å². The number of ether oxygens (including phenoxy) is 2. The van der Waals surface area contributed by atoms with Crippen LogP contribution in [0.25, 0.3) is 10.8 Å². The summed E-state index contributed by atoms with van der Waals surface area (Å²) in [4.78, 5) is 4.39. The Morgan fingerprint density at radius 1 is 1.35 bits per heavy atom. The molecule has 0 aliphatic carbocycles. The third-order valence-electron chi connectivity index (χ3n) is 3.81. The normalized spacial score (nSPS) is 16.1. The Hall–Kier alpha value is -2.01. The second-order valence-electron chi connectivity index (χ2n) is 5.28. The fraction of sp³-hybridized carbons (Fsp3) is 0.400. The number of hydrogen-bond acceptors (Lipinski definition) is 5. The van der Waals surface area contributed by atoms with Crippen LogP contribution in [0.1, 0.15) is 20.3 Å². The summed E-state index contributed by atoms with van der Waals surface area (Å²) in [6.07, 6.45) is 2.55. The van der Waals surface area contributed by atoms with Crippen LogP contribution in [0.15, 0.2) is 24.4 Å². The predicted molar refractivity (Wildman–Crippen MR) is 77.3 cm³/mol. The first kappa shape index (κ1) is 13.0. The molecular formula is C15H18N2O3. The van der Waals surface area contributed by atoms with Gasteiger partial charge in [-0.3, -0.25) is 0 Å². The fourth-order valence-corrected chi connectivity index (χ4v) is 2.19. The lowest BCUT2D eigenvalue weighted by atomic mass is 10.00. The molecule has 1 aliphatic rings.